The number of aliphatic hydroxyl groups is 1. The predicted octanol–water partition coefficient (Wildman–Crippen LogP) is -3.02. The highest BCUT2D eigenvalue weighted by molar-refractivity contribution is 5.93. The molecule has 0 aromatic heterocycles. The second kappa shape index (κ2) is 12.2. The first kappa shape index (κ1) is 25.5. The second-order valence-electron chi connectivity index (χ2n) is 6.86. The van der Waals surface area contributed by atoms with Crippen LogP contribution in [0.5, 0.6) is 0 Å². The van der Waals surface area contributed by atoms with Crippen molar-refractivity contribution in [3.8, 4) is 0 Å². The fourth-order valence-corrected chi connectivity index (χ4v) is 2.48. The van der Waals surface area contributed by atoms with Gasteiger partial charge in [-0.25, -0.2) is 4.79 Å². The fraction of sp³-hybridized carbons (Fsp3) is 0.421. The maximum Gasteiger partial charge on any atom is 0.326 e. The molecule has 4 unspecified atom stereocenters. The zero-order chi connectivity index (χ0) is 23.6. The van der Waals surface area contributed by atoms with Crippen LogP contribution >= 0.6 is 0 Å². The Morgan fingerprint density at radius 2 is 1.61 bits per heavy atom. The van der Waals surface area contributed by atoms with Crippen molar-refractivity contribution in [2.24, 2.45) is 11.5 Å². The molecule has 0 bridgehead atoms. The maximum absolute atomic E-state index is 12.6. The number of nitrogens with one attached hydrogen (secondary N) is 3. The van der Waals surface area contributed by atoms with Gasteiger partial charge in [0.05, 0.1) is 19.1 Å². The first-order valence-corrected chi connectivity index (χ1v) is 9.37. The van der Waals surface area contributed by atoms with Gasteiger partial charge < -0.3 is 37.6 Å². The second-order valence-corrected chi connectivity index (χ2v) is 6.86. The van der Waals surface area contributed by atoms with E-state index in [0.29, 0.717) is 5.56 Å². The van der Waals surface area contributed by atoms with Crippen LogP contribution in [0.2, 0.25) is 0 Å². The number of carbonyl (C=O) groups excluding carboxylic acids is 4. The normalized spacial score (nSPS) is 14.4. The number of primary amides is 1. The van der Waals surface area contributed by atoms with Gasteiger partial charge in [-0.15, -0.1) is 0 Å². The van der Waals surface area contributed by atoms with Gasteiger partial charge >= 0.3 is 5.97 Å². The van der Waals surface area contributed by atoms with E-state index in [0.717, 1.165) is 0 Å². The largest absolute Gasteiger partial charge is 0.480 e. The van der Waals surface area contributed by atoms with Crippen LogP contribution in [0.3, 0.4) is 0 Å². The molecule has 4 amide bonds. The van der Waals surface area contributed by atoms with Gasteiger partial charge in [0.2, 0.25) is 23.6 Å². The Hall–Kier alpha value is -3.51. The number of hydrogen-bond acceptors (Lipinski definition) is 7. The lowest BCUT2D eigenvalue weighted by atomic mass is 10.0. The molecular formula is C19H27N5O7. The standard InChI is InChI=1S/C19H27N5O7/c1-10(25)16(21)18(29)22-9-15(27)23-12(7-11-5-3-2-4-6-11)17(28)24-13(19(30)31)8-14(20)26/h2-6,10,12-13,16,25H,7-9,21H2,1H3,(H2,20,26)(H,22,29)(H,23,27)(H,24,28)(H,30,31). The van der Waals surface area contributed by atoms with Crippen LogP contribution < -0.4 is 27.4 Å². The minimum Gasteiger partial charge on any atom is -0.480 e. The summed E-state index contributed by atoms with van der Waals surface area (Å²) in [5.74, 6) is -4.74. The van der Waals surface area contributed by atoms with Crippen LogP contribution in [0.1, 0.15) is 18.9 Å². The average Bonchev–Trinajstić information content (AvgIpc) is 2.70. The molecule has 0 spiro atoms. The summed E-state index contributed by atoms with van der Waals surface area (Å²) in [5, 5.41) is 25.3. The van der Waals surface area contributed by atoms with E-state index in [1.54, 1.807) is 30.3 Å². The van der Waals surface area contributed by atoms with Crippen molar-refractivity contribution in [1.82, 2.24) is 16.0 Å². The molecule has 0 aliphatic carbocycles. The Labute approximate surface area is 178 Å². The molecule has 31 heavy (non-hydrogen) atoms. The Morgan fingerprint density at radius 3 is 2.13 bits per heavy atom. The molecular weight excluding hydrogens is 410 g/mol. The van der Waals surface area contributed by atoms with E-state index < -0.39 is 66.8 Å². The van der Waals surface area contributed by atoms with E-state index in [2.05, 4.69) is 16.0 Å². The SMILES string of the molecule is CC(O)C(N)C(=O)NCC(=O)NC(Cc1ccccc1)C(=O)NC(CC(N)=O)C(=O)O. The number of carboxylic acids is 1. The number of aliphatic carboxylic acids is 1. The highest BCUT2D eigenvalue weighted by Gasteiger charge is 2.28. The van der Waals surface area contributed by atoms with E-state index in [1.807, 2.05) is 0 Å². The lowest BCUT2D eigenvalue weighted by Gasteiger charge is -2.21. The Bertz CT molecular complexity index is 800. The molecule has 4 atom stereocenters. The van der Waals surface area contributed by atoms with Crippen LogP contribution in [0.4, 0.5) is 0 Å². The summed E-state index contributed by atoms with van der Waals surface area (Å²) in [5.41, 5.74) is 11.1. The predicted molar refractivity (Wildman–Crippen MR) is 108 cm³/mol. The van der Waals surface area contributed by atoms with E-state index in [1.165, 1.54) is 6.92 Å². The van der Waals surface area contributed by atoms with Crippen molar-refractivity contribution >= 4 is 29.6 Å². The molecule has 0 saturated heterocycles. The zero-order valence-corrected chi connectivity index (χ0v) is 16.9. The third kappa shape index (κ3) is 9.23. The molecule has 0 radical (unpaired) electrons. The average molecular weight is 437 g/mol. The minimum atomic E-state index is -1.57. The first-order chi connectivity index (χ1) is 14.5. The number of benzene rings is 1. The topological polar surface area (TPSA) is 214 Å². The van der Waals surface area contributed by atoms with Crippen LogP contribution in [0, 0.1) is 0 Å². The van der Waals surface area contributed by atoms with Crippen LogP contribution in [0.15, 0.2) is 30.3 Å². The maximum atomic E-state index is 12.6. The molecule has 1 aromatic carbocycles. The molecule has 1 aromatic rings. The lowest BCUT2D eigenvalue weighted by Crippen LogP contribution is -2.55. The summed E-state index contributed by atoms with van der Waals surface area (Å²) in [7, 11) is 0. The molecule has 1 rings (SSSR count). The van der Waals surface area contributed by atoms with Gasteiger partial charge in [-0.2, -0.15) is 0 Å². The number of rotatable bonds is 12. The Morgan fingerprint density at radius 1 is 1.00 bits per heavy atom. The van der Waals surface area contributed by atoms with Crippen molar-refractivity contribution in [3.63, 3.8) is 0 Å². The molecule has 0 aliphatic heterocycles. The highest BCUT2D eigenvalue weighted by Crippen LogP contribution is 2.05. The van der Waals surface area contributed by atoms with Gasteiger partial charge in [0.1, 0.15) is 18.1 Å². The smallest absolute Gasteiger partial charge is 0.326 e. The molecule has 12 nitrogen and oxygen atoms in total. The van der Waals surface area contributed by atoms with E-state index in [-0.39, 0.29) is 6.42 Å². The number of amides is 4. The van der Waals surface area contributed by atoms with Crippen LogP contribution in [-0.4, -0.2) is 70.6 Å². The Balaban J connectivity index is 2.87. The lowest BCUT2D eigenvalue weighted by molar-refractivity contribution is -0.143. The van der Waals surface area contributed by atoms with Gasteiger partial charge in [0, 0.05) is 6.42 Å². The van der Waals surface area contributed by atoms with E-state index >= 15 is 0 Å². The molecule has 0 fully saturated rings. The van der Waals surface area contributed by atoms with E-state index in [4.69, 9.17) is 11.5 Å². The molecule has 0 heterocycles. The zero-order valence-electron chi connectivity index (χ0n) is 16.9. The summed E-state index contributed by atoms with van der Waals surface area (Å²) in [4.78, 5) is 59.0. The number of carboxylic acid groups (broad SMARTS) is 1. The third-order valence-corrected chi connectivity index (χ3v) is 4.20. The fourth-order valence-electron chi connectivity index (χ4n) is 2.48. The Kier molecular flexibility index (Phi) is 10.1. The first-order valence-electron chi connectivity index (χ1n) is 9.37. The molecule has 0 aliphatic rings. The quantitative estimate of drug-likeness (QED) is 0.178. The number of carbonyl (C=O) groups is 5. The van der Waals surface area contributed by atoms with Crippen molar-refractivity contribution in [1.29, 1.82) is 0 Å². The summed E-state index contributed by atoms with van der Waals surface area (Å²) >= 11 is 0. The van der Waals surface area contributed by atoms with E-state index in [9.17, 15) is 34.2 Å². The number of nitrogens with two attached hydrogens (primary N) is 2. The van der Waals surface area contributed by atoms with Gasteiger partial charge in [0.25, 0.3) is 0 Å². The molecule has 170 valence electrons. The minimum absolute atomic E-state index is 0.0163. The monoisotopic (exact) mass is 437 g/mol. The van der Waals surface area contributed by atoms with Gasteiger partial charge in [-0.3, -0.25) is 19.2 Å². The summed E-state index contributed by atoms with van der Waals surface area (Å²) in [6.45, 7) is 0.789. The molecule has 0 saturated carbocycles. The van der Waals surface area contributed by atoms with Crippen LogP contribution in [0.25, 0.3) is 0 Å². The summed E-state index contributed by atoms with van der Waals surface area (Å²) < 4.78 is 0. The van der Waals surface area contributed by atoms with Crippen LogP contribution in [-0.2, 0) is 30.4 Å². The number of aliphatic hydroxyl groups excluding tert-OH is 1. The van der Waals surface area contributed by atoms with Gasteiger partial charge in [-0.1, -0.05) is 30.3 Å². The van der Waals surface area contributed by atoms with Crippen molar-refractivity contribution in [2.75, 3.05) is 6.54 Å². The molecule has 9 N–H and O–H groups in total. The van der Waals surface area contributed by atoms with Gasteiger partial charge in [0.15, 0.2) is 0 Å². The van der Waals surface area contributed by atoms with Crippen molar-refractivity contribution in [3.05, 3.63) is 35.9 Å². The molecule has 12 heteroatoms. The summed E-state index contributed by atoms with van der Waals surface area (Å²) in [6, 6.07) is 4.60. The number of hydrogen-bond donors (Lipinski definition) is 7. The highest BCUT2D eigenvalue weighted by atomic mass is 16.4. The van der Waals surface area contributed by atoms with Crippen molar-refractivity contribution in [2.45, 2.75) is 44.0 Å². The van der Waals surface area contributed by atoms with Crippen molar-refractivity contribution < 1.29 is 34.2 Å². The van der Waals surface area contributed by atoms with Gasteiger partial charge in [-0.05, 0) is 12.5 Å². The third-order valence-electron chi connectivity index (χ3n) is 4.20. The summed E-state index contributed by atoms with van der Waals surface area (Å²) in [6.07, 6.45) is -1.74.